The summed E-state index contributed by atoms with van der Waals surface area (Å²) in [6, 6.07) is 20.8. The van der Waals surface area contributed by atoms with Crippen LogP contribution in [0.1, 0.15) is 25.0 Å². The minimum atomic E-state index is -0.224. The van der Waals surface area contributed by atoms with Gasteiger partial charge in [-0.25, -0.2) is 9.37 Å². The molecule has 0 spiro atoms. The lowest BCUT2D eigenvalue weighted by Gasteiger charge is -2.26. The summed E-state index contributed by atoms with van der Waals surface area (Å²) in [5, 5.41) is 0. The number of ether oxygens (including phenoxy) is 1. The van der Waals surface area contributed by atoms with Gasteiger partial charge >= 0.3 is 0 Å². The number of aromatic nitrogens is 1. The van der Waals surface area contributed by atoms with E-state index in [4.69, 9.17) is 4.74 Å². The van der Waals surface area contributed by atoms with Gasteiger partial charge in [0.15, 0.2) is 0 Å². The fourth-order valence-electron chi connectivity index (χ4n) is 3.38. The van der Waals surface area contributed by atoms with Crippen molar-refractivity contribution < 1.29 is 9.13 Å². The highest BCUT2D eigenvalue weighted by Gasteiger charge is 2.16. The average Bonchev–Trinajstić information content (AvgIpc) is 2.76. The van der Waals surface area contributed by atoms with Crippen LogP contribution in [0.2, 0.25) is 0 Å². The monoisotopic (exact) mass is 421 g/mol. The van der Waals surface area contributed by atoms with Gasteiger partial charge in [0.2, 0.25) is 0 Å². The van der Waals surface area contributed by atoms with Crippen LogP contribution in [-0.2, 0) is 13.1 Å². The third-order valence-corrected chi connectivity index (χ3v) is 5.13. The summed E-state index contributed by atoms with van der Waals surface area (Å²) in [6.07, 6.45) is 1.94. The molecule has 1 heterocycles. The molecule has 0 N–H and O–H groups in total. The van der Waals surface area contributed by atoms with Crippen molar-refractivity contribution in [3.8, 4) is 5.75 Å². The summed E-state index contributed by atoms with van der Waals surface area (Å²) in [4.78, 5) is 8.85. The summed E-state index contributed by atoms with van der Waals surface area (Å²) < 4.78 is 19.5. The minimum absolute atomic E-state index is 0.143. The Hall–Kier alpha value is -2.92. The van der Waals surface area contributed by atoms with Crippen molar-refractivity contribution in [2.75, 3.05) is 25.5 Å². The zero-order valence-electron chi connectivity index (χ0n) is 18.8. The molecule has 4 nitrogen and oxygen atoms in total. The highest BCUT2D eigenvalue weighted by Crippen LogP contribution is 2.21. The number of rotatable bonds is 10. The molecule has 0 amide bonds. The van der Waals surface area contributed by atoms with E-state index in [2.05, 4.69) is 54.9 Å². The van der Waals surface area contributed by atoms with Crippen molar-refractivity contribution in [3.05, 3.63) is 89.9 Å². The minimum Gasteiger partial charge on any atom is -0.489 e. The van der Waals surface area contributed by atoms with Crippen LogP contribution < -0.4 is 9.64 Å². The summed E-state index contributed by atoms with van der Waals surface area (Å²) >= 11 is 0. The Morgan fingerprint density at radius 2 is 1.48 bits per heavy atom. The fraction of sp³-hybridized carbons (Fsp3) is 0.346. The van der Waals surface area contributed by atoms with E-state index in [0.29, 0.717) is 19.0 Å². The van der Waals surface area contributed by atoms with Crippen LogP contribution in [0.25, 0.3) is 0 Å². The highest BCUT2D eigenvalue weighted by atomic mass is 19.1. The lowest BCUT2D eigenvalue weighted by Crippen LogP contribution is -2.34. The molecule has 0 fully saturated rings. The Labute approximate surface area is 185 Å². The van der Waals surface area contributed by atoms with E-state index in [1.54, 1.807) is 6.20 Å². The topological polar surface area (TPSA) is 28.6 Å². The molecule has 0 aliphatic heterocycles. The second-order valence-corrected chi connectivity index (χ2v) is 8.48. The SMILES string of the molecule is CC(C)C(CN(C)C)Oc1ccc(CN(Cc2ccc(F)cc2)c2ccccn2)cc1. The molecule has 0 aliphatic carbocycles. The molecule has 1 atom stereocenters. The van der Waals surface area contributed by atoms with Crippen molar-refractivity contribution in [1.82, 2.24) is 9.88 Å². The van der Waals surface area contributed by atoms with E-state index in [1.165, 1.54) is 12.1 Å². The zero-order valence-corrected chi connectivity index (χ0v) is 18.8. The highest BCUT2D eigenvalue weighted by molar-refractivity contribution is 5.41. The Morgan fingerprint density at radius 1 is 0.871 bits per heavy atom. The first-order valence-corrected chi connectivity index (χ1v) is 10.7. The number of likely N-dealkylation sites (N-methyl/N-ethyl adjacent to an activating group) is 1. The predicted molar refractivity (Wildman–Crippen MR) is 125 cm³/mol. The Balaban J connectivity index is 1.72. The Bertz CT molecular complexity index is 912. The van der Waals surface area contributed by atoms with E-state index in [-0.39, 0.29) is 11.9 Å². The number of pyridine rings is 1. The normalized spacial score (nSPS) is 12.2. The molecule has 1 unspecified atom stereocenters. The van der Waals surface area contributed by atoms with Crippen molar-refractivity contribution in [2.45, 2.75) is 33.0 Å². The first kappa shape index (κ1) is 22.8. The molecule has 2 aromatic carbocycles. The van der Waals surface area contributed by atoms with Gasteiger partial charge in [0.1, 0.15) is 23.5 Å². The van der Waals surface area contributed by atoms with Crippen molar-refractivity contribution in [1.29, 1.82) is 0 Å². The second-order valence-electron chi connectivity index (χ2n) is 8.48. The van der Waals surface area contributed by atoms with E-state index < -0.39 is 0 Å². The maximum absolute atomic E-state index is 13.3. The summed E-state index contributed by atoms with van der Waals surface area (Å²) in [5.41, 5.74) is 2.20. The molecule has 164 valence electrons. The van der Waals surface area contributed by atoms with E-state index in [9.17, 15) is 4.39 Å². The molecule has 0 saturated carbocycles. The number of hydrogen-bond donors (Lipinski definition) is 0. The molecule has 0 radical (unpaired) electrons. The molecule has 0 aliphatic rings. The van der Waals surface area contributed by atoms with Crippen molar-refractivity contribution in [2.24, 2.45) is 5.92 Å². The molecule has 0 saturated heterocycles. The molecule has 3 rings (SSSR count). The van der Waals surface area contributed by atoms with Gasteiger partial charge in [0.25, 0.3) is 0 Å². The maximum Gasteiger partial charge on any atom is 0.129 e. The maximum atomic E-state index is 13.3. The molecular formula is C26H32FN3O. The molecule has 3 aromatic rings. The van der Waals surface area contributed by atoms with Gasteiger partial charge in [-0.2, -0.15) is 0 Å². The third kappa shape index (κ3) is 7.07. The van der Waals surface area contributed by atoms with Crippen LogP contribution in [-0.4, -0.2) is 36.6 Å². The van der Waals surface area contributed by atoms with Crippen molar-refractivity contribution >= 4 is 5.82 Å². The summed E-state index contributed by atoms with van der Waals surface area (Å²) in [7, 11) is 4.13. The smallest absolute Gasteiger partial charge is 0.129 e. The quantitative estimate of drug-likeness (QED) is 0.439. The van der Waals surface area contributed by atoms with Crippen LogP contribution in [0.4, 0.5) is 10.2 Å². The summed E-state index contributed by atoms with van der Waals surface area (Å²) in [5.74, 6) is 1.97. The molecular weight excluding hydrogens is 389 g/mol. The van der Waals surface area contributed by atoms with E-state index in [1.807, 2.05) is 42.5 Å². The van der Waals surface area contributed by atoms with Crippen LogP contribution in [0, 0.1) is 11.7 Å². The Kier molecular flexibility index (Phi) is 8.01. The van der Waals surface area contributed by atoms with Gasteiger partial charge in [-0.3, -0.25) is 0 Å². The van der Waals surface area contributed by atoms with Crippen molar-refractivity contribution in [3.63, 3.8) is 0 Å². The van der Waals surface area contributed by atoms with Crippen LogP contribution in [0.3, 0.4) is 0 Å². The van der Waals surface area contributed by atoms with E-state index in [0.717, 1.165) is 29.2 Å². The van der Waals surface area contributed by atoms with Gasteiger partial charge in [-0.15, -0.1) is 0 Å². The van der Waals surface area contributed by atoms with Gasteiger partial charge < -0.3 is 14.5 Å². The standard InChI is InChI=1S/C26H32FN3O/c1-20(2)25(19-29(3)4)31-24-14-10-22(11-15-24)18-30(26-7-5-6-16-28-26)17-21-8-12-23(27)13-9-21/h5-16,20,25H,17-19H2,1-4H3. The summed E-state index contributed by atoms with van der Waals surface area (Å²) in [6.45, 7) is 6.59. The predicted octanol–water partition coefficient (Wildman–Crippen LogP) is 5.39. The van der Waals surface area contributed by atoms with Crippen LogP contribution in [0.5, 0.6) is 5.75 Å². The first-order valence-electron chi connectivity index (χ1n) is 10.7. The van der Waals surface area contributed by atoms with Crippen LogP contribution >= 0.6 is 0 Å². The number of benzene rings is 2. The van der Waals surface area contributed by atoms with E-state index >= 15 is 0 Å². The number of anilines is 1. The first-order chi connectivity index (χ1) is 14.9. The zero-order chi connectivity index (χ0) is 22.2. The molecule has 1 aromatic heterocycles. The molecule has 5 heteroatoms. The Morgan fingerprint density at radius 3 is 2.00 bits per heavy atom. The fourth-order valence-corrected chi connectivity index (χ4v) is 3.38. The van der Waals surface area contributed by atoms with Gasteiger partial charge in [-0.1, -0.05) is 44.2 Å². The lowest BCUT2D eigenvalue weighted by molar-refractivity contribution is 0.117. The number of halogens is 1. The average molecular weight is 422 g/mol. The number of hydrogen-bond acceptors (Lipinski definition) is 4. The molecule has 31 heavy (non-hydrogen) atoms. The number of nitrogens with zero attached hydrogens (tertiary/aromatic N) is 3. The van der Waals surface area contributed by atoms with Crippen LogP contribution in [0.15, 0.2) is 72.9 Å². The largest absolute Gasteiger partial charge is 0.489 e. The van der Waals surface area contributed by atoms with Gasteiger partial charge in [-0.05, 0) is 67.5 Å². The lowest BCUT2D eigenvalue weighted by atomic mass is 10.1. The van der Waals surface area contributed by atoms with Gasteiger partial charge in [0.05, 0.1) is 0 Å². The second kappa shape index (κ2) is 10.9. The van der Waals surface area contributed by atoms with Gasteiger partial charge in [0, 0.05) is 25.8 Å². The molecule has 0 bridgehead atoms. The third-order valence-electron chi connectivity index (χ3n) is 5.13.